The number of rotatable bonds is 4. The molecule has 0 aliphatic carbocycles. The van der Waals surface area contributed by atoms with E-state index in [1.165, 1.54) is 0 Å². The van der Waals surface area contributed by atoms with Crippen LogP contribution in [0.3, 0.4) is 0 Å². The molecule has 0 unspecified atom stereocenters. The fraction of sp³-hybridized carbons (Fsp3) is 0.176. The maximum Gasteiger partial charge on any atom is 0.195 e. The molecule has 1 aromatic carbocycles. The number of benzene rings is 1. The second kappa shape index (κ2) is 7.99. The lowest BCUT2D eigenvalue weighted by Gasteiger charge is -2.01. The van der Waals surface area contributed by atoms with Gasteiger partial charge in [0.05, 0.1) is 12.2 Å². The first-order chi connectivity index (χ1) is 11.1. The minimum Gasteiger partial charge on any atom is -0.370 e. The van der Waals surface area contributed by atoms with Gasteiger partial charge in [-0.15, -0.1) is 23.7 Å². The Hall–Kier alpha value is -2.31. The third-order valence-corrected chi connectivity index (χ3v) is 4.29. The van der Waals surface area contributed by atoms with Crippen LogP contribution < -0.4 is 11.1 Å². The number of aromatic nitrogens is 2. The highest BCUT2D eigenvalue weighted by molar-refractivity contribution is 7.16. The number of nitrogens with zero attached hydrogens (tertiary/aromatic N) is 2. The average Bonchev–Trinajstić information content (AvgIpc) is 3.12. The summed E-state index contributed by atoms with van der Waals surface area (Å²) in [5.74, 6) is 0.374. The molecule has 0 fully saturated rings. The highest BCUT2D eigenvalue weighted by Crippen LogP contribution is 2.30. The smallest absolute Gasteiger partial charge is 0.195 e. The molecule has 0 atom stereocenters. The molecule has 0 aliphatic heterocycles. The first-order valence-electron chi connectivity index (χ1n) is 7.35. The van der Waals surface area contributed by atoms with Crippen molar-refractivity contribution in [2.75, 3.05) is 5.32 Å². The Labute approximate surface area is 151 Å². The van der Waals surface area contributed by atoms with Gasteiger partial charge in [0.25, 0.3) is 0 Å². The largest absolute Gasteiger partial charge is 0.370 e. The number of anilines is 1. The number of aliphatic imine (C=N–C) groups is 1. The van der Waals surface area contributed by atoms with Gasteiger partial charge >= 0.3 is 0 Å². The van der Waals surface area contributed by atoms with Crippen LogP contribution in [0.2, 0.25) is 0 Å². The van der Waals surface area contributed by atoms with Crippen molar-refractivity contribution in [3.8, 4) is 11.3 Å². The number of halogens is 1. The minimum atomic E-state index is 0. The average molecular weight is 362 g/mol. The predicted molar refractivity (Wildman–Crippen MR) is 104 cm³/mol. The standard InChI is InChI=1S/C17H19N5S.ClH/c1-11-8-14(10-19-11)15-12(2)23-17(21-15)22-16(18)20-9-13-6-4-3-5-7-13;/h3-8,10,19H,9H2,1-2H3,(H3,18,20,21,22);1H. The molecule has 0 radical (unpaired) electrons. The highest BCUT2D eigenvalue weighted by Gasteiger charge is 2.11. The van der Waals surface area contributed by atoms with Gasteiger partial charge in [-0.3, -0.25) is 0 Å². The van der Waals surface area contributed by atoms with Gasteiger partial charge in [0.1, 0.15) is 0 Å². The Morgan fingerprint density at radius 2 is 2.04 bits per heavy atom. The van der Waals surface area contributed by atoms with Crippen LogP contribution in [0.4, 0.5) is 5.13 Å². The van der Waals surface area contributed by atoms with E-state index in [1.807, 2.05) is 43.5 Å². The Kier molecular flexibility index (Phi) is 6.00. The van der Waals surface area contributed by atoms with E-state index in [-0.39, 0.29) is 12.4 Å². The monoisotopic (exact) mass is 361 g/mol. The van der Waals surface area contributed by atoms with Gasteiger partial charge in [-0.25, -0.2) is 9.98 Å². The number of guanidine groups is 1. The highest BCUT2D eigenvalue weighted by atomic mass is 35.5. The Morgan fingerprint density at radius 3 is 2.71 bits per heavy atom. The number of hydrogen-bond acceptors (Lipinski definition) is 3. The number of hydrogen-bond donors (Lipinski definition) is 3. The maximum absolute atomic E-state index is 5.96. The summed E-state index contributed by atoms with van der Waals surface area (Å²) >= 11 is 1.57. The summed E-state index contributed by atoms with van der Waals surface area (Å²) in [5.41, 5.74) is 10.3. The molecule has 3 aromatic rings. The van der Waals surface area contributed by atoms with E-state index >= 15 is 0 Å². The lowest BCUT2D eigenvalue weighted by molar-refractivity contribution is 1.06. The molecule has 5 nitrogen and oxygen atoms in total. The van der Waals surface area contributed by atoms with Gasteiger partial charge in [-0.2, -0.15) is 0 Å². The number of aryl methyl sites for hydroxylation is 2. The van der Waals surface area contributed by atoms with Crippen LogP contribution in [0.1, 0.15) is 16.1 Å². The molecule has 0 saturated carbocycles. The molecule has 4 N–H and O–H groups in total. The molecular weight excluding hydrogens is 342 g/mol. The summed E-state index contributed by atoms with van der Waals surface area (Å²) in [6.45, 7) is 4.63. The van der Waals surface area contributed by atoms with E-state index in [4.69, 9.17) is 5.73 Å². The molecule has 126 valence electrons. The molecule has 0 aliphatic rings. The summed E-state index contributed by atoms with van der Waals surface area (Å²) < 4.78 is 0. The third-order valence-electron chi connectivity index (χ3n) is 3.41. The molecule has 2 heterocycles. The number of nitrogens with two attached hydrogens (primary N) is 1. The van der Waals surface area contributed by atoms with Crippen LogP contribution in [-0.2, 0) is 6.54 Å². The van der Waals surface area contributed by atoms with Crippen LogP contribution in [0, 0.1) is 13.8 Å². The number of aromatic amines is 1. The number of H-pyrrole nitrogens is 1. The first kappa shape index (κ1) is 18.0. The zero-order chi connectivity index (χ0) is 16.2. The molecule has 0 amide bonds. The van der Waals surface area contributed by atoms with Crippen molar-refractivity contribution in [2.45, 2.75) is 20.4 Å². The molecule has 0 bridgehead atoms. The van der Waals surface area contributed by atoms with Crippen molar-refractivity contribution in [3.05, 3.63) is 58.7 Å². The number of nitrogens with one attached hydrogen (secondary N) is 2. The normalized spacial score (nSPS) is 11.2. The van der Waals surface area contributed by atoms with E-state index in [0.717, 1.165) is 32.5 Å². The van der Waals surface area contributed by atoms with E-state index < -0.39 is 0 Å². The quantitative estimate of drug-likeness (QED) is 0.483. The third kappa shape index (κ3) is 4.37. The molecule has 3 rings (SSSR count). The van der Waals surface area contributed by atoms with Crippen molar-refractivity contribution in [1.29, 1.82) is 0 Å². The van der Waals surface area contributed by atoms with Gasteiger partial charge in [0.15, 0.2) is 11.1 Å². The fourth-order valence-electron chi connectivity index (χ4n) is 2.27. The van der Waals surface area contributed by atoms with Gasteiger partial charge in [-0.1, -0.05) is 30.3 Å². The van der Waals surface area contributed by atoms with Crippen LogP contribution in [0.5, 0.6) is 0 Å². The molecule has 0 saturated heterocycles. The predicted octanol–water partition coefficient (Wildman–Crippen LogP) is 4.10. The van der Waals surface area contributed by atoms with Crippen molar-refractivity contribution in [3.63, 3.8) is 0 Å². The minimum absolute atomic E-state index is 0. The van der Waals surface area contributed by atoms with Crippen molar-refractivity contribution in [1.82, 2.24) is 9.97 Å². The van der Waals surface area contributed by atoms with Gasteiger partial charge in [-0.05, 0) is 25.5 Å². The Morgan fingerprint density at radius 1 is 1.29 bits per heavy atom. The summed E-state index contributed by atoms with van der Waals surface area (Å²) in [7, 11) is 0. The van der Waals surface area contributed by atoms with Gasteiger partial charge in [0, 0.05) is 22.3 Å². The van der Waals surface area contributed by atoms with Crippen LogP contribution in [-0.4, -0.2) is 15.9 Å². The molecular formula is C17H20ClN5S. The van der Waals surface area contributed by atoms with Crippen LogP contribution in [0.15, 0.2) is 47.6 Å². The molecule has 2 aromatic heterocycles. The maximum atomic E-state index is 5.96. The summed E-state index contributed by atoms with van der Waals surface area (Å²) in [4.78, 5) is 13.3. The van der Waals surface area contributed by atoms with E-state index in [9.17, 15) is 0 Å². The summed E-state index contributed by atoms with van der Waals surface area (Å²) in [6.07, 6.45) is 1.97. The second-order valence-corrected chi connectivity index (χ2v) is 6.51. The Balaban J connectivity index is 0.00000208. The zero-order valence-corrected chi connectivity index (χ0v) is 15.2. The van der Waals surface area contributed by atoms with Crippen LogP contribution in [0.25, 0.3) is 11.3 Å². The van der Waals surface area contributed by atoms with E-state index in [2.05, 4.69) is 33.3 Å². The molecule has 0 spiro atoms. The topological polar surface area (TPSA) is 79.1 Å². The Bertz CT molecular complexity index is 823. The van der Waals surface area contributed by atoms with E-state index in [1.54, 1.807) is 11.3 Å². The lowest BCUT2D eigenvalue weighted by Crippen LogP contribution is -2.22. The molecule has 24 heavy (non-hydrogen) atoms. The molecule has 7 heteroatoms. The second-order valence-electron chi connectivity index (χ2n) is 5.31. The van der Waals surface area contributed by atoms with Crippen molar-refractivity contribution >= 4 is 34.8 Å². The fourth-order valence-corrected chi connectivity index (χ4v) is 3.11. The van der Waals surface area contributed by atoms with E-state index in [0.29, 0.717) is 12.5 Å². The van der Waals surface area contributed by atoms with Crippen LogP contribution >= 0.6 is 23.7 Å². The van der Waals surface area contributed by atoms with Gasteiger partial charge in [0.2, 0.25) is 0 Å². The summed E-state index contributed by atoms with van der Waals surface area (Å²) in [6, 6.07) is 12.1. The van der Waals surface area contributed by atoms with Gasteiger partial charge < -0.3 is 16.0 Å². The van der Waals surface area contributed by atoms with Crippen molar-refractivity contribution in [2.24, 2.45) is 10.7 Å². The SMILES string of the molecule is Cc1cc(-c2nc(NC(N)=NCc3ccccc3)sc2C)c[nH]1.Cl. The summed E-state index contributed by atoms with van der Waals surface area (Å²) in [5, 5.41) is 3.83. The number of thiazole rings is 1. The lowest BCUT2D eigenvalue weighted by atomic mass is 10.2. The zero-order valence-electron chi connectivity index (χ0n) is 13.5. The van der Waals surface area contributed by atoms with Crippen molar-refractivity contribution < 1.29 is 0 Å². The first-order valence-corrected chi connectivity index (χ1v) is 8.17.